The van der Waals surface area contributed by atoms with Gasteiger partial charge in [0.2, 0.25) is 0 Å². The normalized spacial score (nSPS) is 15.1. The number of carboxylic acids is 1. The number of carbonyl (C=O) groups is 1. The number of aliphatic hydroxyl groups is 2. The molecule has 0 aliphatic carbocycles. The van der Waals surface area contributed by atoms with E-state index in [4.69, 9.17) is 15.6 Å². The fourth-order valence-electron chi connectivity index (χ4n) is 2.73. The van der Waals surface area contributed by atoms with Crippen LogP contribution in [0.5, 0.6) is 0 Å². The lowest BCUT2D eigenvalue weighted by Gasteiger charge is -2.28. The Morgan fingerprint density at radius 2 is 2.11 bits per heavy atom. The topological polar surface area (TPSA) is 159 Å². The van der Waals surface area contributed by atoms with Crippen molar-refractivity contribution < 1.29 is 29.2 Å². The van der Waals surface area contributed by atoms with Crippen molar-refractivity contribution in [1.29, 1.82) is 0 Å². The molecule has 150 valence electrons. The van der Waals surface area contributed by atoms with E-state index in [2.05, 4.69) is 19.3 Å². The molecule has 0 spiro atoms. The number of carboxylic acid groups (broad SMARTS) is 1. The Labute approximate surface area is 156 Å². The first-order valence-electron chi connectivity index (χ1n) is 8.56. The second-order valence-corrected chi connectivity index (χ2v) is 6.03. The van der Waals surface area contributed by atoms with Crippen molar-refractivity contribution in [3.05, 3.63) is 12.7 Å². The molecule has 0 aliphatic heterocycles. The third-order valence-corrected chi connectivity index (χ3v) is 4.29. The molecule has 11 heteroatoms. The van der Waals surface area contributed by atoms with Gasteiger partial charge in [-0.25, -0.2) is 15.0 Å². The molecule has 3 atom stereocenters. The minimum Gasteiger partial charge on any atom is -0.481 e. The summed E-state index contributed by atoms with van der Waals surface area (Å²) in [4.78, 5) is 22.6. The summed E-state index contributed by atoms with van der Waals surface area (Å²) in [6.07, 6.45) is -0.323. The molecular weight excluding hydrogens is 358 g/mol. The highest BCUT2D eigenvalue weighted by Crippen LogP contribution is 2.22. The quantitative estimate of drug-likeness (QED) is 0.382. The number of imidazole rings is 1. The molecule has 11 nitrogen and oxygen atoms in total. The van der Waals surface area contributed by atoms with Gasteiger partial charge in [0, 0.05) is 20.5 Å². The van der Waals surface area contributed by atoms with E-state index >= 15 is 0 Å². The van der Waals surface area contributed by atoms with Crippen molar-refractivity contribution in [3.8, 4) is 0 Å². The number of nitrogens with zero attached hydrogens (tertiary/aromatic N) is 4. The van der Waals surface area contributed by atoms with Crippen LogP contribution in [-0.2, 0) is 13.9 Å². The summed E-state index contributed by atoms with van der Waals surface area (Å²) in [5, 5.41) is 29.9. The van der Waals surface area contributed by atoms with Gasteiger partial charge >= 0.3 is 5.97 Å². The number of anilines is 1. The molecule has 27 heavy (non-hydrogen) atoms. The summed E-state index contributed by atoms with van der Waals surface area (Å²) in [7, 11) is 1.43. The first-order valence-corrected chi connectivity index (χ1v) is 8.56. The SMILES string of the molecule is CC[O+](CCCC(=O)O)CC(OC)C(O)C(O)n1cnc2c(N)ncnc21. The van der Waals surface area contributed by atoms with E-state index in [9.17, 15) is 15.0 Å². The molecule has 0 radical (unpaired) electrons. The molecule has 5 N–H and O–H groups in total. The van der Waals surface area contributed by atoms with E-state index < -0.39 is 24.4 Å². The molecule has 2 aromatic rings. The Morgan fingerprint density at radius 3 is 2.74 bits per heavy atom. The van der Waals surface area contributed by atoms with Crippen LogP contribution in [0.25, 0.3) is 11.2 Å². The summed E-state index contributed by atoms with van der Waals surface area (Å²) in [5.74, 6) is -0.687. The number of aliphatic carboxylic acids is 1. The lowest BCUT2D eigenvalue weighted by molar-refractivity contribution is -0.201. The second kappa shape index (κ2) is 9.55. The summed E-state index contributed by atoms with van der Waals surface area (Å²) in [6, 6.07) is 0. The third-order valence-electron chi connectivity index (χ3n) is 4.29. The number of aromatic nitrogens is 4. The number of ether oxygens (including phenoxy) is 1. The van der Waals surface area contributed by atoms with E-state index in [1.807, 2.05) is 6.92 Å². The fourth-order valence-corrected chi connectivity index (χ4v) is 2.73. The van der Waals surface area contributed by atoms with E-state index in [-0.39, 0.29) is 18.8 Å². The zero-order chi connectivity index (χ0) is 20.0. The maximum Gasteiger partial charge on any atom is 0.303 e. The monoisotopic (exact) mass is 384 g/mol. The van der Waals surface area contributed by atoms with E-state index in [1.54, 1.807) is 0 Å². The molecule has 2 aromatic heterocycles. The number of rotatable bonds is 11. The maximum atomic E-state index is 10.7. The number of aliphatic hydroxyl groups excluding tert-OH is 2. The number of methoxy groups -OCH3 is 1. The molecule has 0 bridgehead atoms. The van der Waals surface area contributed by atoms with Gasteiger partial charge in [0.05, 0.1) is 12.7 Å². The van der Waals surface area contributed by atoms with Gasteiger partial charge in [0.1, 0.15) is 31.2 Å². The van der Waals surface area contributed by atoms with Crippen LogP contribution >= 0.6 is 0 Å². The highest BCUT2D eigenvalue weighted by atomic mass is 16.7. The Bertz CT molecular complexity index is 754. The molecule has 0 saturated heterocycles. The molecule has 2 heterocycles. The Balaban J connectivity index is 2.08. The average molecular weight is 384 g/mol. The number of fused-ring (bicyclic) bond motifs is 1. The number of hydrogen-bond acceptors (Lipinski definition) is 8. The number of nitrogens with two attached hydrogens (primary N) is 1. The van der Waals surface area contributed by atoms with Crippen LogP contribution in [0.15, 0.2) is 12.7 Å². The summed E-state index contributed by atoms with van der Waals surface area (Å²) >= 11 is 0. The van der Waals surface area contributed by atoms with Crippen LogP contribution in [0.2, 0.25) is 0 Å². The lowest BCUT2D eigenvalue weighted by Crippen LogP contribution is -2.42. The van der Waals surface area contributed by atoms with Gasteiger partial charge in [0.15, 0.2) is 30.4 Å². The zero-order valence-electron chi connectivity index (χ0n) is 15.4. The summed E-state index contributed by atoms with van der Waals surface area (Å²) < 4.78 is 9.50. The lowest BCUT2D eigenvalue weighted by atomic mass is 10.2. The van der Waals surface area contributed by atoms with Crippen LogP contribution in [0, 0.1) is 0 Å². The molecular formula is C16H26N5O6+. The smallest absolute Gasteiger partial charge is 0.303 e. The Hall–Kier alpha value is -2.34. The molecule has 0 fully saturated rings. The molecule has 0 aromatic carbocycles. The first kappa shape index (κ1) is 21.0. The van der Waals surface area contributed by atoms with Gasteiger partial charge in [0.25, 0.3) is 0 Å². The molecule has 2 rings (SSSR count). The number of nitrogen functional groups attached to an aromatic ring is 1. The summed E-state index contributed by atoms with van der Waals surface area (Å²) in [5.41, 5.74) is 6.36. The van der Waals surface area contributed by atoms with Crippen LogP contribution in [0.4, 0.5) is 5.82 Å². The highest BCUT2D eigenvalue weighted by Gasteiger charge is 2.33. The van der Waals surface area contributed by atoms with Crippen LogP contribution in [0.1, 0.15) is 26.0 Å². The van der Waals surface area contributed by atoms with E-state index in [0.29, 0.717) is 30.8 Å². The third kappa shape index (κ3) is 5.10. The van der Waals surface area contributed by atoms with Gasteiger partial charge in [-0.05, 0) is 0 Å². The van der Waals surface area contributed by atoms with Crippen molar-refractivity contribution in [2.45, 2.75) is 38.2 Å². The van der Waals surface area contributed by atoms with Gasteiger partial charge in [-0.2, -0.15) is 0 Å². The second-order valence-electron chi connectivity index (χ2n) is 6.03. The molecule has 0 amide bonds. The van der Waals surface area contributed by atoms with Gasteiger partial charge in [-0.15, -0.1) is 0 Å². The van der Waals surface area contributed by atoms with Crippen molar-refractivity contribution in [2.75, 3.05) is 32.7 Å². The standard InChI is InChI=1S/C16H25N5O6/c1-3-27(6-4-5-11(22)23)7-10(26-2)13(24)16(25)21-9-20-12-14(17)18-8-19-15(12)21/h8-10,13,16,24-25H,3-7H2,1-2H3,(H2-,17,18,19,22,23)/p+1. The predicted molar refractivity (Wildman–Crippen MR) is 96.0 cm³/mol. The van der Waals surface area contributed by atoms with Crippen molar-refractivity contribution in [2.24, 2.45) is 0 Å². The zero-order valence-corrected chi connectivity index (χ0v) is 15.4. The van der Waals surface area contributed by atoms with E-state index in [1.165, 1.54) is 24.3 Å². The Kier molecular flexibility index (Phi) is 7.42. The van der Waals surface area contributed by atoms with Crippen molar-refractivity contribution in [1.82, 2.24) is 19.5 Å². The minimum absolute atomic E-state index is 0.0501. The van der Waals surface area contributed by atoms with Gasteiger partial charge in [-0.1, -0.05) is 0 Å². The summed E-state index contributed by atoms with van der Waals surface area (Å²) in [6.45, 7) is 3.17. The average Bonchev–Trinajstić information content (AvgIpc) is 3.08. The Morgan fingerprint density at radius 1 is 1.37 bits per heavy atom. The first-order chi connectivity index (χ1) is 12.9. The van der Waals surface area contributed by atoms with Crippen LogP contribution in [0.3, 0.4) is 0 Å². The predicted octanol–water partition coefficient (Wildman–Crippen LogP) is -0.288. The van der Waals surface area contributed by atoms with Crippen LogP contribution in [-0.4, -0.2) is 79.9 Å². The van der Waals surface area contributed by atoms with Gasteiger partial charge < -0.3 is 30.2 Å². The van der Waals surface area contributed by atoms with Crippen LogP contribution < -0.4 is 5.73 Å². The molecule has 3 unspecified atom stereocenters. The maximum absolute atomic E-state index is 10.7. The fraction of sp³-hybridized carbons (Fsp3) is 0.625. The largest absolute Gasteiger partial charge is 0.481 e. The minimum atomic E-state index is -1.37. The number of hydrogen-bond donors (Lipinski definition) is 4. The van der Waals surface area contributed by atoms with Gasteiger partial charge in [-0.3, -0.25) is 9.36 Å². The van der Waals surface area contributed by atoms with Crippen molar-refractivity contribution >= 4 is 23.0 Å². The molecule has 0 saturated carbocycles. The van der Waals surface area contributed by atoms with Crippen molar-refractivity contribution in [3.63, 3.8) is 0 Å². The molecule has 0 aliphatic rings. The van der Waals surface area contributed by atoms with E-state index in [0.717, 1.165) is 0 Å². The highest BCUT2D eigenvalue weighted by molar-refractivity contribution is 5.81.